The van der Waals surface area contributed by atoms with Gasteiger partial charge in [0.2, 0.25) is 0 Å². The molecule has 0 aliphatic heterocycles. The van der Waals surface area contributed by atoms with E-state index in [1.165, 1.54) is 0 Å². The molecule has 0 aromatic carbocycles. The first kappa shape index (κ1) is 7.36. The average Bonchev–Trinajstić information content (AvgIpc) is 1.66. The van der Waals surface area contributed by atoms with Crippen molar-refractivity contribution < 1.29 is 9.90 Å². The van der Waals surface area contributed by atoms with Crippen LogP contribution >= 0.6 is 11.9 Å². The smallest absolute Gasteiger partial charge is 0.262 e. The predicted octanol–water partition coefficient (Wildman–Crippen LogP) is 0.961. The van der Waals surface area contributed by atoms with Crippen molar-refractivity contribution in [3.8, 4) is 0 Å². The van der Waals surface area contributed by atoms with E-state index in [0.29, 0.717) is 5.75 Å². The van der Waals surface area contributed by atoms with E-state index >= 15 is 0 Å². The van der Waals surface area contributed by atoms with Gasteiger partial charge in [0.25, 0.3) is 0 Å². The van der Waals surface area contributed by atoms with Gasteiger partial charge in [-0.3, -0.25) is 4.72 Å². The molecule has 0 rings (SSSR count). The van der Waals surface area contributed by atoms with Gasteiger partial charge in [0.15, 0.2) is 0 Å². The van der Waals surface area contributed by atoms with Crippen LogP contribution in [0.5, 0.6) is 0 Å². The molecule has 0 heterocycles. The Morgan fingerprint density at radius 2 is 2.50 bits per heavy atom. The van der Waals surface area contributed by atoms with Crippen LogP contribution in [0.4, 0.5) is 4.79 Å². The van der Waals surface area contributed by atoms with Crippen LogP contribution in [0, 0.1) is 0 Å². The first-order chi connectivity index (χ1) is 3.77. The van der Waals surface area contributed by atoms with Crippen LogP contribution in [0.2, 0.25) is 0 Å². The van der Waals surface area contributed by atoms with Crippen molar-refractivity contribution in [3.63, 3.8) is 0 Å². The molecule has 8 heavy (non-hydrogen) atoms. The molecule has 0 aliphatic rings. The van der Waals surface area contributed by atoms with E-state index < -0.39 is 6.09 Å². The molecule has 0 saturated carbocycles. The van der Waals surface area contributed by atoms with E-state index in [4.69, 9.17) is 0 Å². The molecule has 3 nitrogen and oxygen atoms in total. The van der Waals surface area contributed by atoms with Gasteiger partial charge in [-0.1, -0.05) is 6.08 Å². The zero-order valence-electron chi connectivity index (χ0n) is 4.22. The zero-order chi connectivity index (χ0) is 6.41. The highest BCUT2D eigenvalue weighted by Gasteiger charge is 1.92. The van der Waals surface area contributed by atoms with Crippen molar-refractivity contribution in [1.29, 1.82) is 0 Å². The minimum Gasteiger partial charge on any atom is -0.262 e. The van der Waals surface area contributed by atoms with Crippen molar-refractivity contribution in [2.75, 3.05) is 5.75 Å². The molecule has 0 aromatic rings. The summed E-state index contributed by atoms with van der Waals surface area (Å²) in [6.45, 7) is 3.38. The molecule has 0 atom stereocenters. The maximum absolute atomic E-state index is 9.60. The second-order valence-electron chi connectivity index (χ2n) is 0.989. The van der Waals surface area contributed by atoms with Crippen molar-refractivity contribution >= 4 is 18.0 Å². The Bertz CT molecular complexity index is 94.0. The van der Waals surface area contributed by atoms with Crippen LogP contribution in [0.15, 0.2) is 12.7 Å². The van der Waals surface area contributed by atoms with Gasteiger partial charge in [-0.15, -0.1) is 6.58 Å². The molecule has 0 unspecified atom stereocenters. The Morgan fingerprint density at radius 3 is 2.88 bits per heavy atom. The van der Waals surface area contributed by atoms with Crippen LogP contribution in [0.1, 0.15) is 0 Å². The van der Waals surface area contributed by atoms with Gasteiger partial charge < -0.3 is 0 Å². The minimum atomic E-state index is -1.27. The molecule has 1 amide bonds. The van der Waals surface area contributed by atoms with Crippen LogP contribution in [-0.4, -0.2) is 11.8 Å². The number of amides is 1. The van der Waals surface area contributed by atoms with E-state index in [0.717, 1.165) is 11.9 Å². The predicted molar refractivity (Wildman–Crippen MR) is 31.9 cm³/mol. The standard InChI is InChI=1S/C4H6NO2S/c1-2-3-8-5-4(6)7/h2,5H,1,3H2. The van der Waals surface area contributed by atoms with Crippen LogP contribution < -0.4 is 4.72 Å². The molecule has 0 spiro atoms. The lowest BCUT2D eigenvalue weighted by Gasteiger charge is -1.89. The number of carbonyl (C=O) groups is 1. The van der Waals surface area contributed by atoms with Gasteiger partial charge >= 0.3 is 6.09 Å². The fourth-order valence-corrected chi connectivity index (χ4v) is 0.479. The van der Waals surface area contributed by atoms with Crippen molar-refractivity contribution in [2.24, 2.45) is 0 Å². The molecule has 1 N–H and O–H groups in total. The third kappa shape index (κ3) is 5.36. The Labute approximate surface area is 51.9 Å². The lowest BCUT2D eigenvalue weighted by atomic mass is 10.8. The van der Waals surface area contributed by atoms with E-state index in [1.807, 2.05) is 4.72 Å². The van der Waals surface area contributed by atoms with E-state index in [9.17, 15) is 9.90 Å². The van der Waals surface area contributed by atoms with Gasteiger partial charge in [-0.05, 0) is 11.9 Å². The summed E-state index contributed by atoms with van der Waals surface area (Å²) >= 11 is 1.03. The fourth-order valence-electron chi connectivity index (χ4n) is 0.160. The molecular formula is C4H6NO2S. The topological polar surface area (TPSA) is 49.0 Å². The van der Waals surface area contributed by atoms with Crippen LogP contribution in [-0.2, 0) is 5.11 Å². The van der Waals surface area contributed by atoms with Crippen molar-refractivity contribution in [2.45, 2.75) is 0 Å². The SMILES string of the molecule is C=CCSNC([O])=O. The summed E-state index contributed by atoms with van der Waals surface area (Å²) in [6.07, 6.45) is 0.331. The molecule has 45 valence electrons. The maximum Gasteiger partial charge on any atom is 0.460 e. The first-order valence-electron chi connectivity index (χ1n) is 1.97. The van der Waals surface area contributed by atoms with Gasteiger partial charge in [0.1, 0.15) is 0 Å². The molecule has 4 heteroatoms. The highest BCUT2D eigenvalue weighted by Crippen LogP contribution is 1.90. The van der Waals surface area contributed by atoms with E-state index in [2.05, 4.69) is 6.58 Å². The second kappa shape index (κ2) is 4.52. The molecule has 0 aromatic heterocycles. The molecule has 0 saturated heterocycles. The van der Waals surface area contributed by atoms with Crippen molar-refractivity contribution in [3.05, 3.63) is 12.7 Å². The summed E-state index contributed by atoms with van der Waals surface area (Å²) in [7, 11) is 0. The van der Waals surface area contributed by atoms with Gasteiger partial charge in [-0.2, -0.15) is 0 Å². The Balaban J connectivity index is 2.93. The monoisotopic (exact) mass is 132 g/mol. The summed E-state index contributed by atoms with van der Waals surface area (Å²) in [4.78, 5) is 9.60. The molecular weight excluding hydrogens is 126 g/mol. The molecule has 0 bridgehead atoms. The number of carbonyl (C=O) groups excluding carboxylic acids is 1. The summed E-state index contributed by atoms with van der Waals surface area (Å²) < 4.78 is 2.00. The van der Waals surface area contributed by atoms with Gasteiger partial charge in [-0.25, -0.2) is 9.90 Å². The average molecular weight is 132 g/mol. The van der Waals surface area contributed by atoms with Crippen LogP contribution in [0.3, 0.4) is 0 Å². The van der Waals surface area contributed by atoms with Gasteiger partial charge in [0, 0.05) is 5.75 Å². The quantitative estimate of drug-likeness (QED) is 0.353. The number of hydrogen-bond donors (Lipinski definition) is 1. The lowest BCUT2D eigenvalue weighted by Crippen LogP contribution is -2.10. The van der Waals surface area contributed by atoms with E-state index in [1.54, 1.807) is 6.08 Å². The Morgan fingerprint density at radius 1 is 1.88 bits per heavy atom. The molecule has 0 aliphatic carbocycles. The number of hydrogen-bond acceptors (Lipinski definition) is 2. The third-order valence-electron chi connectivity index (χ3n) is 0.357. The summed E-state index contributed by atoms with van der Waals surface area (Å²) in [5.74, 6) is 0.563. The molecule has 1 radical (unpaired) electrons. The second-order valence-corrected chi connectivity index (χ2v) is 1.82. The van der Waals surface area contributed by atoms with E-state index in [-0.39, 0.29) is 0 Å². The van der Waals surface area contributed by atoms with Gasteiger partial charge in [0.05, 0.1) is 0 Å². The minimum absolute atomic E-state index is 0.563. The van der Waals surface area contributed by atoms with Crippen molar-refractivity contribution in [1.82, 2.24) is 4.72 Å². The third-order valence-corrected chi connectivity index (χ3v) is 1.07. The largest absolute Gasteiger partial charge is 0.460 e. The Kier molecular flexibility index (Phi) is 4.16. The zero-order valence-corrected chi connectivity index (χ0v) is 5.03. The highest BCUT2D eigenvalue weighted by molar-refractivity contribution is 7.98. The molecule has 0 fully saturated rings. The lowest BCUT2D eigenvalue weighted by molar-refractivity contribution is 0.176. The maximum atomic E-state index is 9.60. The summed E-state index contributed by atoms with van der Waals surface area (Å²) in [5.41, 5.74) is 0. The first-order valence-corrected chi connectivity index (χ1v) is 2.95. The normalized spacial score (nSPS) is 8.00. The number of rotatable bonds is 3. The summed E-state index contributed by atoms with van der Waals surface area (Å²) in [6, 6.07) is 0. The fraction of sp³-hybridized carbons (Fsp3) is 0.250. The highest BCUT2D eigenvalue weighted by atomic mass is 32.2. The Hall–Kier alpha value is -0.640. The summed E-state index contributed by atoms with van der Waals surface area (Å²) in [5, 5.41) is 9.60. The number of nitrogens with one attached hydrogen (secondary N) is 1. The van der Waals surface area contributed by atoms with Crippen LogP contribution in [0.25, 0.3) is 0 Å².